The van der Waals surface area contributed by atoms with Crippen molar-refractivity contribution in [2.75, 3.05) is 4.90 Å². The van der Waals surface area contributed by atoms with Gasteiger partial charge >= 0.3 is 0 Å². The average Bonchev–Trinajstić information content (AvgIpc) is 2.63. The smallest absolute Gasteiger partial charge is 0.0536 e. The van der Waals surface area contributed by atoms with Gasteiger partial charge < -0.3 is 4.90 Å². The normalized spacial score (nSPS) is 12.1. The molecule has 0 N–H and O–H groups in total. The molecule has 0 aliphatic rings. The van der Waals surface area contributed by atoms with Crippen LogP contribution >= 0.6 is 0 Å². The Bertz CT molecular complexity index is 851. The fraction of sp³-hybridized carbons (Fsp3) is 0.333. The fourth-order valence-electron chi connectivity index (χ4n) is 3.72. The predicted octanol–water partition coefficient (Wildman–Crippen LogP) is 8.06. The Kier molecular flexibility index (Phi) is 5.39. The van der Waals surface area contributed by atoms with E-state index in [2.05, 4.69) is 126 Å². The van der Waals surface area contributed by atoms with Crippen LogP contribution in [0.2, 0.25) is 0 Å². The summed E-state index contributed by atoms with van der Waals surface area (Å²) in [4.78, 5) is 2.43. The van der Waals surface area contributed by atoms with E-state index in [1.165, 1.54) is 33.8 Å². The molecular formula is C27H33N. The molecule has 146 valence electrons. The van der Waals surface area contributed by atoms with Crippen LogP contribution in [0.25, 0.3) is 0 Å². The second-order valence-electron chi connectivity index (χ2n) is 9.72. The third kappa shape index (κ3) is 4.14. The number of hydrogen-bond donors (Lipinski definition) is 0. The molecule has 0 fully saturated rings. The first kappa shape index (κ1) is 20.2. The number of para-hydroxylation sites is 2. The molecule has 1 nitrogen and oxygen atoms in total. The average molecular weight is 372 g/mol. The van der Waals surface area contributed by atoms with E-state index in [0.29, 0.717) is 0 Å². The lowest BCUT2D eigenvalue weighted by Crippen LogP contribution is -2.25. The minimum atomic E-state index is 0.0309. The summed E-state index contributed by atoms with van der Waals surface area (Å²) in [5, 5.41) is 0. The molecule has 0 amide bonds. The Morgan fingerprint density at radius 3 is 1.25 bits per heavy atom. The summed E-state index contributed by atoms with van der Waals surface area (Å²) in [6.07, 6.45) is 0. The lowest BCUT2D eigenvalue weighted by Gasteiger charge is -2.37. The zero-order valence-corrected chi connectivity index (χ0v) is 18.4. The molecule has 0 spiro atoms. The van der Waals surface area contributed by atoms with Gasteiger partial charge in [0.1, 0.15) is 0 Å². The Hall–Kier alpha value is -2.54. The van der Waals surface area contributed by atoms with Crippen molar-refractivity contribution in [1.29, 1.82) is 0 Å². The molecule has 0 aromatic heterocycles. The highest BCUT2D eigenvalue weighted by Crippen LogP contribution is 2.46. The Balaban J connectivity index is 2.43. The van der Waals surface area contributed by atoms with Crippen LogP contribution in [0.1, 0.15) is 58.2 Å². The second-order valence-corrected chi connectivity index (χ2v) is 9.72. The number of hydrogen-bond acceptors (Lipinski definition) is 1. The molecular weight excluding hydrogens is 338 g/mol. The van der Waals surface area contributed by atoms with E-state index in [4.69, 9.17) is 0 Å². The zero-order chi connectivity index (χ0) is 20.5. The molecule has 0 bridgehead atoms. The molecule has 3 aromatic rings. The lowest BCUT2D eigenvalue weighted by molar-refractivity contribution is 0.569. The molecule has 3 rings (SSSR count). The van der Waals surface area contributed by atoms with E-state index in [0.717, 1.165) is 0 Å². The molecule has 0 aliphatic carbocycles. The summed E-state index contributed by atoms with van der Waals surface area (Å²) in [6, 6.07) is 26.2. The van der Waals surface area contributed by atoms with Gasteiger partial charge in [0.15, 0.2) is 0 Å². The van der Waals surface area contributed by atoms with Gasteiger partial charge in [-0.05, 0) is 53.1 Å². The molecule has 3 aromatic carbocycles. The van der Waals surface area contributed by atoms with Crippen molar-refractivity contribution in [1.82, 2.24) is 0 Å². The summed E-state index contributed by atoms with van der Waals surface area (Å²) < 4.78 is 0. The van der Waals surface area contributed by atoms with Crippen LogP contribution in [0.4, 0.5) is 17.1 Å². The van der Waals surface area contributed by atoms with E-state index >= 15 is 0 Å². The van der Waals surface area contributed by atoms with Crippen molar-refractivity contribution in [2.24, 2.45) is 0 Å². The van der Waals surface area contributed by atoms with Crippen LogP contribution in [-0.4, -0.2) is 0 Å². The van der Waals surface area contributed by atoms with Gasteiger partial charge in [-0.3, -0.25) is 0 Å². The van der Waals surface area contributed by atoms with Crippen molar-refractivity contribution in [2.45, 2.75) is 59.3 Å². The zero-order valence-electron chi connectivity index (χ0n) is 18.4. The number of anilines is 3. The Labute approximate surface area is 171 Å². The minimum absolute atomic E-state index is 0.0309. The standard InChI is InChI=1S/C27H33N/c1-20-18-23(26(2,3)4)25(24(19-20)27(5,6)7)28(21-14-10-8-11-15-21)22-16-12-9-13-17-22/h8-19H,1-7H3. The molecule has 1 heteroatoms. The Morgan fingerprint density at radius 2 is 0.929 bits per heavy atom. The molecule has 0 heterocycles. The maximum Gasteiger partial charge on any atom is 0.0536 e. The first-order valence-corrected chi connectivity index (χ1v) is 10.1. The molecule has 28 heavy (non-hydrogen) atoms. The summed E-state index contributed by atoms with van der Waals surface area (Å²) in [5.41, 5.74) is 7.83. The fourth-order valence-corrected chi connectivity index (χ4v) is 3.72. The van der Waals surface area contributed by atoms with Crippen molar-refractivity contribution in [3.05, 3.63) is 89.5 Å². The van der Waals surface area contributed by atoms with Crippen LogP contribution < -0.4 is 4.90 Å². The van der Waals surface area contributed by atoms with E-state index in [1.807, 2.05) is 0 Å². The maximum absolute atomic E-state index is 2.43. The van der Waals surface area contributed by atoms with Crippen LogP contribution in [0.3, 0.4) is 0 Å². The van der Waals surface area contributed by atoms with Gasteiger partial charge in [-0.1, -0.05) is 95.6 Å². The first-order valence-electron chi connectivity index (χ1n) is 10.1. The quantitative estimate of drug-likeness (QED) is 0.450. The van der Waals surface area contributed by atoms with Gasteiger partial charge in [-0.2, -0.15) is 0 Å². The van der Waals surface area contributed by atoms with Gasteiger partial charge in [0.2, 0.25) is 0 Å². The van der Waals surface area contributed by atoms with E-state index in [1.54, 1.807) is 0 Å². The molecule has 0 aliphatic heterocycles. The van der Waals surface area contributed by atoms with Crippen LogP contribution in [0.5, 0.6) is 0 Å². The molecule has 0 atom stereocenters. The minimum Gasteiger partial charge on any atom is -0.310 e. The molecule has 0 radical (unpaired) electrons. The van der Waals surface area contributed by atoms with Crippen LogP contribution in [0, 0.1) is 6.92 Å². The van der Waals surface area contributed by atoms with Crippen molar-refractivity contribution in [3.8, 4) is 0 Å². The second kappa shape index (κ2) is 7.47. The number of aryl methyl sites for hydroxylation is 1. The van der Waals surface area contributed by atoms with Gasteiger partial charge in [0.05, 0.1) is 5.69 Å². The van der Waals surface area contributed by atoms with E-state index < -0.39 is 0 Å². The third-order valence-corrected chi connectivity index (χ3v) is 5.12. The molecule has 0 unspecified atom stereocenters. The van der Waals surface area contributed by atoms with Crippen molar-refractivity contribution >= 4 is 17.1 Å². The molecule has 0 saturated heterocycles. The number of rotatable bonds is 3. The van der Waals surface area contributed by atoms with E-state index in [9.17, 15) is 0 Å². The van der Waals surface area contributed by atoms with Gasteiger partial charge in [0.25, 0.3) is 0 Å². The maximum atomic E-state index is 2.43. The molecule has 0 saturated carbocycles. The van der Waals surface area contributed by atoms with Crippen molar-refractivity contribution in [3.63, 3.8) is 0 Å². The van der Waals surface area contributed by atoms with Crippen LogP contribution in [-0.2, 0) is 10.8 Å². The van der Waals surface area contributed by atoms with Gasteiger partial charge in [-0.25, -0.2) is 0 Å². The summed E-state index contributed by atoms with van der Waals surface area (Å²) in [7, 11) is 0. The summed E-state index contributed by atoms with van der Waals surface area (Å²) in [5.74, 6) is 0. The largest absolute Gasteiger partial charge is 0.310 e. The SMILES string of the molecule is Cc1cc(C(C)(C)C)c(N(c2ccccc2)c2ccccc2)c(C(C)(C)C)c1. The van der Waals surface area contributed by atoms with E-state index in [-0.39, 0.29) is 10.8 Å². The first-order chi connectivity index (χ1) is 13.1. The monoisotopic (exact) mass is 371 g/mol. The summed E-state index contributed by atoms with van der Waals surface area (Å²) >= 11 is 0. The van der Waals surface area contributed by atoms with Crippen molar-refractivity contribution < 1.29 is 0 Å². The lowest BCUT2D eigenvalue weighted by atomic mass is 9.77. The highest BCUT2D eigenvalue weighted by atomic mass is 15.1. The van der Waals surface area contributed by atoms with Gasteiger partial charge in [0, 0.05) is 11.4 Å². The highest BCUT2D eigenvalue weighted by molar-refractivity contribution is 5.82. The third-order valence-electron chi connectivity index (χ3n) is 5.12. The Morgan fingerprint density at radius 1 is 0.571 bits per heavy atom. The predicted molar refractivity (Wildman–Crippen MR) is 123 cm³/mol. The number of benzene rings is 3. The number of nitrogens with zero attached hydrogens (tertiary/aromatic N) is 1. The summed E-state index contributed by atoms with van der Waals surface area (Å²) in [6.45, 7) is 16.1. The highest BCUT2D eigenvalue weighted by Gasteiger charge is 2.30. The van der Waals surface area contributed by atoms with Crippen LogP contribution in [0.15, 0.2) is 72.8 Å². The topological polar surface area (TPSA) is 3.24 Å². The van der Waals surface area contributed by atoms with Gasteiger partial charge in [-0.15, -0.1) is 0 Å².